The third kappa shape index (κ3) is 2.70. The second kappa shape index (κ2) is 5.35. The number of amides is 1. The van der Waals surface area contributed by atoms with Crippen molar-refractivity contribution < 1.29 is 4.79 Å². The minimum Gasteiger partial charge on any atom is -0.342 e. The molecule has 1 atom stereocenters. The van der Waals surface area contributed by atoms with Crippen molar-refractivity contribution in [2.24, 2.45) is 0 Å². The molecule has 112 valence electrons. The smallest absolute Gasteiger partial charge is 0.272 e. The van der Waals surface area contributed by atoms with Crippen LogP contribution in [0.2, 0.25) is 0 Å². The molecule has 6 nitrogen and oxygen atoms in total. The largest absolute Gasteiger partial charge is 0.342 e. The Balaban J connectivity index is 1.80. The van der Waals surface area contributed by atoms with Gasteiger partial charge < -0.3 is 5.32 Å². The zero-order valence-electron chi connectivity index (χ0n) is 12.7. The molecule has 1 unspecified atom stereocenters. The van der Waals surface area contributed by atoms with Gasteiger partial charge in [-0.05, 0) is 51.7 Å². The Kier molecular flexibility index (Phi) is 3.53. The highest BCUT2D eigenvalue weighted by Crippen LogP contribution is 2.29. The predicted octanol–water partition coefficient (Wildman–Crippen LogP) is 2.30. The third-order valence-corrected chi connectivity index (χ3v) is 3.88. The van der Waals surface area contributed by atoms with Crippen molar-refractivity contribution in [3.05, 3.63) is 34.9 Å². The summed E-state index contributed by atoms with van der Waals surface area (Å²) in [5.74, 6) is -0.142. The molecule has 1 amide bonds. The summed E-state index contributed by atoms with van der Waals surface area (Å²) < 4.78 is 1.98. The highest BCUT2D eigenvalue weighted by atomic mass is 16.2. The maximum atomic E-state index is 12.2. The van der Waals surface area contributed by atoms with Crippen LogP contribution in [0, 0.1) is 6.92 Å². The Hall–Kier alpha value is -2.11. The van der Waals surface area contributed by atoms with E-state index in [2.05, 4.69) is 40.7 Å². The number of rotatable bonds is 3. The number of carbonyl (C=O) groups is 1. The van der Waals surface area contributed by atoms with Crippen LogP contribution in [0.25, 0.3) is 0 Å². The van der Waals surface area contributed by atoms with Crippen molar-refractivity contribution in [2.75, 3.05) is 0 Å². The minimum atomic E-state index is -0.142. The summed E-state index contributed by atoms with van der Waals surface area (Å²) in [5, 5.41) is 14.5. The van der Waals surface area contributed by atoms with Crippen LogP contribution in [0.5, 0.6) is 0 Å². The lowest BCUT2D eigenvalue weighted by atomic mass is 9.93. The van der Waals surface area contributed by atoms with E-state index in [0.29, 0.717) is 11.7 Å². The first kappa shape index (κ1) is 13.9. The minimum absolute atomic E-state index is 0.0155. The van der Waals surface area contributed by atoms with Gasteiger partial charge in [-0.25, -0.2) is 0 Å². The van der Waals surface area contributed by atoms with Gasteiger partial charge in [0.1, 0.15) is 5.69 Å². The molecule has 0 aliphatic heterocycles. The van der Waals surface area contributed by atoms with Crippen molar-refractivity contribution in [3.8, 4) is 0 Å². The molecule has 0 spiro atoms. The van der Waals surface area contributed by atoms with Crippen molar-refractivity contribution in [1.82, 2.24) is 25.3 Å². The van der Waals surface area contributed by atoms with Gasteiger partial charge in [0, 0.05) is 17.9 Å². The Morgan fingerprint density at radius 1 is 1.52 bits per heavy atom. The number of aromatic amines is 1. The van der Waals surface area contributed by atoms with Gasteiger partial charge in [0.2, 0.25) is 0 Å². The topological polar surface area (TPSA) is 75.6 Å². The molecule has 2 heterocycles. The van der Waals surface area contributed by atoms with Gasteiger partial charge in [0.15, 0.2) is 0 Å². The summed E-state index contributed by atoms with van der Waals surface area (Å²) in [5.41, 5.74) is 3.57. The molecule has 0 saturated heterocycles. The molecule has 2 aromatic rings. The zero-order valence-corrected chi connectivity index (χ0v) is 12.7. The van der Waals surface area contributed by atoms with Crippen LogP contribution in [0.15, 0.2) is 12.3 Å². The van der Waals surface area contributed by atoms with E-state index in [-0.39, 0.29) is 11.9 Å². The van der Waals surface area contributed by atoms with Crippen molar-refractivity contribution >= 4 is 5.91 Å². The van der Waals surface area contributed by atoms with E-state index >= 15 is 0 Å². The fourth-order valence-electron chi connectivity index (χ4n) is 2.73. The molecule has 2 N–H and O–H groups in total. The molecule has 0 aromatic carbocycles. The van der Waals surface area contributed by atoms with Crippen molar-refractivity contribution in [1.29, 1.82) is 0 Å². The normalized spacial score (nSPS) is 17.8. The van der Waals surface area contributed by atoms with Gasteiger partial charge in [-0.1, -0.05) is 0 Å². The van der Waals surface area contributed by atoms with Gasteiger partial charge in [0.05, 0.1) is 11.7 Å². The second-order valence-corrected chi connectivity index (χ2v) is 5.97. The van der Waals surface area contributed by atoms with E-state index in [1.54, 1.807) is 6.07 Å². The van der Waals surface area contributed by atoms with E-state index in [9.17, 15) is 4.79 Å². The standard InChI is InChI=1S/C15H21N5O/c1-9(2)20-8-11-5-4-6-12(14(11)19-20)16-15(21)13-7-10(3)17-18-13/h7-9,12H,4-6H2,1-3H3,(H,16,21)(H,17,18). The lowest BCUT2D eigenvalue weighted by Crippen LogP contribution is -2.31. The van der Waals surface area contributed by atoms with Crippen LogP contribution < -0.4 is 5.32 Å². The van der Waals surface area contributed by atoms with Gasteiger partial charge >= 0.3 is 0 Å². The molecular formula is C15H21N5O. The first-order valence-corrected chi connectivity index (χ1v) is 7.45. The highest BCUT2D eigenvalue weighted by molar-refractivity contribution is 5.92. The molecule has 21 heavy (non-hydrogen) atoms. The monoisotopic (exact) mass is 287 g/mol. The molecule has 0 radical (unpaired) electrons. The van der Waals surface area contributed by atoms with E-state index < -0.39 is 0 Å². The van der Waals surface area contributed by atoms with Crippen LogP contribution in [0.4, 0.5) is 0 Å². The third-order valence-electron chi connectivity index (χ3n) is 3.88. The van der Waals surface area contributed by atoms with Crippen LogP contribution >= 0.6 is 0 Å². The van der Waals surface area contributed by atoms with Crippen molar-refractivity contribution in [3.63, 3.8) is 0 Å². The van der Waals surface area contributed by atoms with Gasteiger partial charge in [-0.3, -0.25) is 14.6 Å². The molecular weight excluding hydrogens is 266 g/mol. The number of H-pyrrole nitrogens is 1. The molecule has 1 aliphatic carbocycles. The number of hydrogen-bond acceptors (Lipinski definition) is 3. The number of nitrogens with zero attached hydrogens (tertiary/aromatic N) is 3. The van der Waals surface area contributed by atoms with Crippen molar-refractivity contribution in [2.45, 2.75) is 52.1 Å². The van der Waals surface area contributed by atoms with Gasteiger partial charge in [0.25, 0.3) is 5.91 Å². The average Bonchev–Trinajstić information content (AvgIpc) is 3.05. The summed E-state index contributed by atoms with van der Waals surface area (Å²) in [6, 6.07) is 2.07. The first-order chi connectivity index (χ1) is 10.0. The summed E-state index contributed by atoms with van der Waals surface area (Å²) >= 11 is 0. The Bertz CT molecular complexity index is 655. The molecule has 0 saturated carbocycles. The fraction of sp³-hybridized carbons (Fsp3) is 0.533. The zero-order chi connectivity index (χ0) is 15.0. The SMILES string of the molecule is Cc1cc(C(=O)NC2CCCc3cn(C(C)C)nc32)n[nH]1. The fourth-order valence-corrected chi connectivity index (χ4v) is 2.73. The first-order valence-electron chi connectivity index (χ1n) is 7.45. The maximum Gasteiger partial charge on any atom is 0.272 e. The van der Waals surface area contributed by atoms with Crippen LogP contribution in [-0.2, 0) is 6.42 Å². The Morgan fingerprint density at radius 3 is 3.00 bits per heavy atom. The maximum absolute atomic E-state index is 12.2. The quantitative estimate of drug-likeness (QED) is 0.909. The van der Waals surface area contributed by atoms with E-state index in [1.165, 1.54) is 5.56 Å². The van der Waals surface area contributed by atoms with Gasteiger partial charge in [-0.15, -0.1) is 0 Å². The van der Waals surface area contributed by atoms with E-state index in [1.807, 2.05) is 11.6 Å². The molecule has 0 bridgehead atoms. The number of nitrogens with one attached hydrogen (secondary N) is 2. The Morgan fingerprint density at radius 2 is 2.33 bits per heavy atom. The van der Waals surface area contributed by atoms with Crippen LogP contribution in [0.1, 0.15) is 66.2 Å². The lowest BCUT2D eigenvalue weighted by molar-refractivity contribution is 0.0926. The molecule has 2 aromatic heterocycles. The van der Waals surface area contributed by atoms with Crippen LogP contribution in [0.3, 0.4) is 0 Å². The summed E-state index contributed by atoms with van der Waals surface area (Å²) in [4.78, 5) is 12.2. The molecule has 0 fully saturated rings. The molecule has 6 heteroatoms. The number of hydrogen-bond donors (Lipinski definition) is 2. The van der Waals surface area contributed by atoms with Crippen LogP contribution in [-0.4, -0.2) is 25.9 Å². The number of aryl methyl sites for hydroxylation is 2. The van der Waals surface area contributed by atoms with E-state index in [4.69, 9.17) is 0 Å². The summed E-state index contributed by atoms with van der Waals surface area (Å²) in [6.45, 7) is 6.10. The van der Waals surface area contributed by atoms with Gasteiger partial charge in [-0.2, -0.15) is 10.2 Å². The predicted molar refractivity (Wildman–Crippen MR) is 79.1 cm³/mol. The Labute approximate surface area is 123 Å². The summed E-state index contributed by atoms with van der Waals surface area (Å²) in [7, 11) is 0. The lowest BCUT2D eigenvalue weighted by Gasteiger charge is -2.21. The highest BCUT2D eigenvalue weighted by Gasteiger charge is 2.26. The molecule has 3 rings (SSSR count). The molecule has 1 aliphatic rings. The van der Waals surface area contributed by atoms with E-state index in [0.717, 1.165) is 30.7 Å². The number of fused-ring (bicyclic) bond motifs is 1. The second-order valence-electron chi connectivity index (χ2n) is 5.97. The summed E-state index contributed by atoms with van der Waals surface area (Å²) in [6.07, 6.45) is 5.14. The number of carbonyl (C=O) groups excluding carboxylic acids is 1. The average molecular weight is 287 g/mol. The number of aromatic nitrogens is 4.